The third kappa shape index (κ3) is 4.48. The lowest BCUT2D eigenvalue weighted by molar-refractivity contribution is -0.136. The van der Waals surface area contributed by atoms with Gasteiger partial charge in [-0.3, -0.25) is 9.59 Å². The highest BCUT2D eigenvalue weighted by Gasteiger charge is 2.34. The van der Waals surface area contributed by atoms with Gasteiger partial charge in [0.2, 0.25) is 11.8 Å². The zero-order valence-electron chi connectivity index (χ0n) is 12.9. The lowest BCUT2D eigenvalue weighted by Crippen LogP contribution is -2.44. The highest BCUT2D eigenvalue weighted by atomic mass is 32.2. The van der Waals surface area contributed by atoms with Crippen LogP contribution in [0.5, 0.6) is 0 Å². The maximum Gasteiger partial charge on any atom is 0.335 e. The number of thioether (sulfide) groups is 1. The van der Waals surface area contributed by atoms with E-state index in [1.54, 1.807) is 28.8 Å². The minimum Gasteiger partial charge on any atom is -0.478 e. The summed E-state index contributed by atoms with van der Waals surface area (Å²) in [4.78, 5) is 37.0. The molecular formula is C16H20N2O4S. The van der Waals surface area contributed by atoms with Crippen LogP contribution in [0.2, 0.25) is 0 Å². The Balaban J connectivity index is 1.98. The van der Waals surface area contributed by atoms with E-state index < -0.39 is 12.0 Å². The van der Waals surface area contributed by atoms with Gasteiger partial charge in [-0.2, -0.15) is 0 Å². The predicted octanol–water partition coefficient (Wildman–Crippen LogP) is 2.42. The molecule has 1 aromatic carbocycles. The van der Waals surface area contributed by atoms with E-state index in [0.717, 1.165) is 12.8 Å². The SMILES string of the molecule is CCCCC(=O)N1CSCC1C(=O)Nc1ccc(C(=O)O)cc1. The molecule has 1 fully saturated rings. The Morgan fingerprint density at radius 2 is 2.00 bits per heavy atom. The van der Waals surface area contributed by atoms with Crippen molar-refractivity contribution < 1.29 is 19.5 Å². The van der Waals surface area contributed by atoms with Gasteiger partial charge in [-0.05, 0) is 30.7 Å². The van der Waals surface area contributed by atoms with Crippen molar-refractivity contribution in [2.24, 2.45) is 0 Å². The fourth-order valence-electron chi connectivity index (χ4n) is 2.30. The number of hydrogen-bond donors (Lipinski definition) is 2. The molecule has 1 aliphatic rings. The molecule has 0 aromatic heterocycles. The van der Waals surface area contributed by atoms with Gasteiger partial charge in [-0.25, -0.2) is 4.79 Å². The van der Waals surface area contributed by atoms with Crippen molar-refractivity contribution in [2.75, 3.05) is 16.9 Å². The molecule has 0 bridgehead atoms. The first kappa shape index (κ1) is 17.3. The first-order valence-corrected chi connectivity index (χ1v) is 8.70. The van der Waals surface area contributed by atoms with Crippen molar-refractivity contribution in [3.8, 4) is 0 Å². The molecule has 1 heterocycles. The number of carboxylic acids is 1. The van der Waals surface area contributed by atoms with Crippen LogP contribution in [-0.2, 0) is 9.59 Å². The number of nitrogens with zero attached hydrogens (tertiary/aromatic N) is 1. The Bertz CT molecular complexity index is 588. The van der Waals surface area contributed by atoms with Gasteiger partial charge in [0.05, 0.1) is 11.4 Å². The number of rotatable bonds is 6. The van der Waals surface area contributed by atoms with Gasteiger partial charge in [0.25, 0.3) is 0 Å². The fourth-order valence-corrected chi connectivity index (χ4v) is 3.48. The van der Waals surface area contributed by atoms with E-state index in [1.807, 2.05) is 6.92 Å². The molecule has 1 unspecified atom stereocenters. The van der Waals surface area contributed by atoms with Crippen LogP contribution in [0.3, 0.4) is 0 Å². The topological polar surface area (TPSA) is 86.7 Å². The summed E-state index contributed by atoms with van der Waals surface area (Å²) in [5, 5.41) is 11.6. The van der Waals surface area contributed by atoms with Crippen LogP contribution >= 0.6 is 11.8 Å². The predicted molar refractivity (Wildman–Crippen MR) is 89.5 cm³/mol. The number of aromatic carboxylic acids is 1. The van der Waals surface area contributed by atoms with Crippen molar-refractivity contribution in [2.45, 2.75) is 32.2 Å². The zero-order valence-corrected chi connectivity index (χ0v) is 13.8. The summed E-state index contributed by atoms with van der Waals surface area (Å²) >= 11 is 1.56. The molecule has 124 valence electrons. The Morgan fingerprint density at radius 3 is 2.61 bits per heavy atom. The molecule has 0 radical (unpaired) electrons. The van der Waals surface area contributed by atoms with E-state index in [-0.39, 0.29) is 17.4 Å². The third-order valence-electron chi connectivity index (χ3n) is 3.65. The summed E-state index contributed by atoms with van der Waals surface area (Å²) in [6.45, 7) is 2.02. The number of anilines is 1. The number of carbonyl (C=O) groups is 3. The van der Waals surface area contributed by atoms with Crippen LogP contribution in [0.1, 0.15) is 36.5 Å². The zero-order chi connectivity index (χ0) is 16.8. The van der Waals surface area contributed by atoms with Crippen LogP contribution < -0.4 is 5.32 Å². The van der Waals surface area contributed by atoms with Gasteiger partial charge in [-0.1, -0.05) is 13.3 Å². The molecule has 6 nitrogen and oxygen atoms in total. The second-order valence-electron chi connectivity index (χ2n) is 5.35. The van der Waals surface area contributed by atoms with E-state index in [4.69, 9.17) is 5.11 Å². The number of amides is 2. The average molecular weight is 336 g/mol. The van der Waals surface area contributed by atoms with Gasteiger partial charge in [0.1, 0.15) is 6.04 Å². The fraction of sp³-hybridized carbons (Fsp3) is 0.438. The number of carbonyl (C=O) groups excluding carboxylic acids is 2. The highest BCUT2D eigenvalue weighted by Crippen LogP contribution is 2.23. The van der Waals surface area contributed by atoms with Gasteiger partial charge in [-0.15, -0.1) is 11.8 Å². The molecule has 0 saturated carbocycles. The number of unbranched alkanes of at least 4 members (excludes halogenated alkanes) is 1. The first-order valence-electron chi connectivity index (χ1n) is 7.54. The number of nitrogens with one attached hydrogen (secondary N) is 1. The Hall–Kier alpha value is -2.02. The summed E-state index contributed by atoms with van der Waals surface area (Å²) in [5.74, 6) is -0.112. The summed E-state index contributed by atoms with van der Waals surface area (Å²) < 4.78 is 0. The molecule has 1 saturated heterocycles. The summed E-state index contributed by atoms with van der Waals surface area (Å²) in [6.07, 6.45) is 2.23. The van der Waals surface area contributed by atoms with Gasteiger partial charge >= 0.3 is 5.97 Å². The smallest absolute Gasteiger partial charge is 0.335 e. The summed E-state index contributed by atoms with van der Waals surface area (Å²) in [7, 11) is 0. The normalized spacial score (nSPS) is 17.1. The molecule has 1 atom stereocenters. The Labute approximate surface area is 139 Å². The molecule has 1 aliphatic heterocycles. The molecule has 23 heavy (non-hydrogen) atoms. The van der Waals surface area contributed by atoms with Crippen LogP contribution in [0.15, 0.2) is 24.3 Å². The third-order valence-corrected chi connectivity index (χ3v) is 4.66. The quantitative estimate of drug-likeness (QED) is 0.833. The molecule has 2 N–H and O–H groups in total. The largest absolute Gasteiger partial charge is 0.478 e. The van der Waals surface area contributed by atoms with E-state index in [0.29, 0.717) is 23.7 Å². The number of benzene rings is 1. The van der Waals surface area contributed by atoms with E-state index in [2.05, 4.69) is 5.32 Å². The van der Waals surface area contributed by atoms with E-state index in [1.165, 1.54) is 12.1 Å². The molecule has 2 amide bonds. The van der Waals surface area contributed by atoms with E-state index >= 15 is 0 Å². The second kappa shape index (κ2) is 8.01. The van der Waals surface area contributed by atoms with Crippen LogP contribution in [-0.4, -0.2) is 45.5 Å². The maximum atomic E-state index is 12.4. The van der Waals surface area contributed by atoms with Crippen molar-refractivity contribution in [1.82, 2.24) is 4.90 Å². The molecule has 1 aromatic rings. The van der Waals surface area contributed by atoms with E-state index in [9.17, 15) is 14.4 Å². The van der Waals surface area contributed by atoms with Crippen molar-refractivity contribution >= 4 is 35.2 Å². The van der Waals surface area contributed by atoms with Gasteiger partial charge in [0, 0.05) is 17.9 Å². The minimum absolute atomic E-state index is 0.0122. The average Bonchev–Trinajstić information content (AvgIpc) is 3.03. The summed E-state index contributed by atoms with van der Waals surface area (Å²) in [5.41, 5.74) is 0.689. The Kier molecular flexibility index (Phi) is 6.04. The first-order chi connectivity index (χ1) is 11.0. The number of carboxylic acid groups (broad SMARTS) is 1. The molecule has 2 rings (SSSR count). The second-order valence-corrected chi connectivity index (χ2v) is 6.35. The minimum atomic E-state index is -1.01. The van der Waals surface area contributed by atoms with Crippen molar-refractivity contribution in [3.05, 3.63) is 29.8 Å². The maximum absolute atomic E-state index is 12.4. The standard InChI is InChI=1S/C16H20N2O4S/c1-2-3-4-14(19)18-10-23-9-13(18)15(20)17-12-7-5-11(6-8-12)16(21)22/h5-8,13H,2-4,9-10H2,1H3,(H,17,20)(H,21,22). The molecular weight excluding hydrogens is 316 g/mol. The molecule has 7 heteroatoms. The Morgan fingerprint density at radius 1 is 1.30 bits per heavy atom. The monoisotopic (exact) mass is 336 g/mol. The van der Waals surface area contributed by atoms with Gasteiger partial charge < -0.3 is 15.3 Å². The molecule has 0 aliphatic carbocycles. The lowest BCUT2D eigenvalue weighted by Gasteiger charge is -2.23. The van der Waals surface area contributed by atoms with Crippen LogP contribution in [0, 0.1) is 0 Å². The summed E-state index contributed by atoms with van der Waals surface area (Å²) in [6, 6.07) is 5.50. The van der Waals surface area contributed by atoms with Crippen LogP contribution in [0.4, 0.5) is 5.69 Å². The van der Waals surface area contributed by atoms with Crippen molar-refractivity contribution in [1.29, 1.82) is 0 Å². The number of hydrogen-bond acceptors (Lipinski definition) is 4. The molecule has 0 spiro atoms. The lowest BCUT2D eigenvalue weighted by atomic mass is 10.2. The van der Waals surface area contributed by atoms with Gasteiger partial charge in [0.15, 0.2) is 0 Å². The highest BCUT2D eigenvalue weighted by molar-refractivity contribution is 7.99. The van der Waals surface area contributed by atoms with Crippen LogP contribution in [0.25, 0.3) is 0 Å². The van der Waals surface area contributed by atoms with Crippen molar-refractivity contribution in [3.63, 3.8) is 0 Å².